The van der Waals surface area contributed by atoms with E-state index in [1.807, 2.05) is 0 Å². The van der Waals surface area contributed by atoms with E-state index >= 15 is 0 Å². The predicted octanol–water partition coefficient (Wildman–Crippen LogP) is 0.569. The molecule has 0 spiro atoms. The van der Waals surface area contributed by atoms with Crippen LogP contribution in [0.1, 0.15) is 27.8 Å². The summed E-state index contributed by atoms with van der Waals surface area (Å²) in [5, 5.41) is 3.95. The molecule has 0 saturated carbocycles. The lowest BCUT2D eigenvalue weighted by molar-refractivity contribution is 0.0993. The number of nitrogens with two attached hydrogens (primary N) is 1. The van der Waals surface area contributed by atoms with Crippen molar-refractivity contribution in [2.75, 3.05) is 0 Å². The molecule has 0 saturated heterocycles. The molecule has 6 heteroatoms. The largest absolute Gasteiger partial charge is 0.364 e. The normalized spacial score (nSPS) is 10.2. The maximum Gasteiger partial charge on any atom is 0.269 e. The zero-order valence-corrected chi connectivity index (χ0v) is 9.12. The number of aromatic nitrogens is 3. The van der Waals surface area contributed by atoms with Crippen molar-refractivity contribution in [1.29, 1.82) is 0 Å². The summed E-state index contributed by atoms with van der Waals surface area (Å²) in [5.74, 6) is -0.360. The maximum atomic E-state index is 11.4. The summed E-state index contributed by atoms with van der Waals surface area (Å²) in [6.07, 6.45) is 3.09. The fourth-order valence-electron chi connectivity index (χ4n) is 1.43. The van der Waals surface area contributed by atoms with Crippen LogP contribution in [0, 0.1) is 0 Å². The molecule has 0 aliphatic rings. The Morgan fingerprint density at radius 3 is 2.71 bits per heavy atom. The van der Waals surface area contributed by atoms with Crippen LogP contribution in [0.5, 0.6) is 0 Å². The van der Waals surface area contributed by atoms with Gasteiger partial charge in [-0.25, -0.2) is 9.67 Å². The number of rotatable bonds is 3. The molecule has 86 valence electrons. The van der Waals surface area contributed by atoms with E-state index in [-0.39, 0.29) is 11.5 Å². The van der Waals surface area contributed by atoms with Crippen molar-refractivity contribution in [2.45, 2.75) is 6.92 Å². The Morgan fingerprint density at radius 2 is 2.12 bits per heavy atom. The van der Waals surface area contributed by atoms with Crippen molar-refractivity contribution in [3.05, 3.63) is 41.9 Å². The van der Waals surface area contributed by atoms with Gasteiger partial charge in [-0.05, 0) is 25.1 Å². The Labute approximate surface area is 97.1 Å². The molecule has 2 aromatic rings. The second-order valence-corrected chi connectivity index (χ2v) is 3.44. The summed E-state index contributed by atoms with van der Waals surface area (Å²) in [6.45, 7) is 1.44. The number of ketones is 1. The molecule has 0 aliphatic heterocycles. The van der Waals surface area contributed by atoms with Gasteiger partial charge in [-0.1, -0.05) is 0 Å². The van der Waals surface area contributed by atoms with Crippen LogP contribution in [0.4, 0.5) is 0 Å². The Balaban J connectivity index is 2.52. The number of pyridine rings is 1. The van der Waals surface area contributed by atoms with E-state index in [1.54, 1.807) is 18.3 Å². The van der Waals surface area contributed by atoms with Crippen molar-refractivity contribution < 1.29 is 9.59 Å². The average molecular weight is 230 g/mol. The zero-order chi connectivity index (χ0) is 12.4. The van der Waals surface area contributed by atoms with Crippen LogP contribution in [0.25, 0.3) is 5.82 Å². The van der Waals surface area contributed by atoms with Gasteiger partial charge in [0.2, 0.25) is 0 Å². The molecule has 0 unspecified atom stereocenters. The minimum atomic E-state index is -0.621. The van der Waals surface area contributed by atoms with Crippen molar-refractivity contribution in [3.63, 3.8) is 0 Å². The Kier molecular flexibility index (Phi) is 2.70. The second kappa shape index (κ2) is 4.17. The lowest BCUT2D eigenvalue weighted by Crippen LogP contribution is -2.13. The van der Waals surface area contributed by atoms with E-state index in [9.17, 15) is 9.59 Å². The molecular weight excluding hydrogens is 220 g/mol. The molecular formula is C11H10N4O2. The predicted molar refractivity (Wildman–Crippen MR) is 59.9 cm³/mol. The molecule has 0 fully saturated rings. The van der Waals surface area contributed by atoms with E-state index in [1.165, 1.54) is 23.9 Å². The molecule has 0 aliphatic carbocycles. The first-order valence-electron chi connectivity index (χ1n) is 4.91. The third kappa shape index (κ3) is 2.05. The number of primary amides is 1. The summed E-state index contributed by atoms with van der Waals surface area (Å²) >= 11 is 0. The molecule has 2 rings (SSSR count). The quantitative estimate of drug-likeness (QED) is 0.780. The lowest BCUT2D eigenvalue weighted by atomic mass is 10.2. The van der Waals surface area contributed by atoms with Crippen molar-refractivity contribution in [1.82, 2.24) is 14.8 Å². The van der Waals surface area contributed by atoms with Gasteiger partial charge in [-0.3, -0.25) is 9.59 Å². The van der Waals surface area contributed by atoms with E-state index in [4.69, 9.17) is 5.73 Å². The topological polar surface area (TPSA) is 90.9 Å². The average Bonchev–Trinajstić information content (AvgIpc) is 2.78. The van der Waals surface area contributed by atoms with Gasteiger partial charge in [0.15, 0.2) is 11.6 Å². The minimum Gasteiger partial charge on any atom is -0.364 e. The zero-order valence-electron chi connectivity index (χ0n) is 9.12. The van der Waals surface area contributed by atoms with Crippen LogP contribution >= 0.6 is 0 Å². The fourth-order valence-corrected chi connectivity index (χ4v) is 1.43. The minimum absolute atomic E-state index is 0.121. The van der Waals surface area contributed by atoms with Crippen LogP contribution in [-0.4, -0.2) is 26.5 Å². The van der Waals surface area contributed by atoms with Gasteiger partial charge in [0.05, 0.1) is 5.56 Å². The van der Waals surface area contributed by atoms with Crippen LogP contribution in [0.2, 0.25) is 0 Å². The van der Waals surface area contributed by atoms with Crippen LogP contribution in [0.3, 0.4) is 0 Å². The molecule has 1 amide bonds. The van der Waals surface area contributed by atoms with Gasteiger partial charge in [0, 0.05) is 12.4 Å². The smallest absolute Gasteiger partial charge is 0.269 e. The summed E-state index contributed by atoms with van der Waals surface area (Å²) in [7, 11) is 0. The summed E-state index contributed by atoms with van der Waals surface area (Å²) in [5.41, 5.74) is 5.67. The third-order valence-corrected chi connectivity index (χ3v) is 2.22. The first-order chi connectivity index (χ1) is 8.09. The van der Waals surface area contributed by atoms with Gasteiger partial charge in [0.25, 0.3) is 5.91 Å². The van der Waals surface area contributed by atoms with E-state index in [0.717, 1.165) is 0 Å². The molecule has 17 heavy (non-hydrogen) atoms. The van der Waals surface area contributed by atoms with E-state index in [2.05, 4.69) is 10.1 Å². The number of hydrogen-bond donors (Lipinski definition) is 1. The highest BCUT2D eigenvalue weighted by atomic mass is 16.1. The van der Waals surface area contributed by atoms with Crippen LogP contribution < -0.4 is 5.73 Å². The number of carbonyl (C=O) groups excluding carboxylic acids is 2. The fraction of sp³-hybridized carbons (Fsp3) is 0.0909. The molecule has 0 bridgehead atoms. The standard InChI is InChI=1S/C11H10N4O2/c1-7(16)8-3-2-5-13-11(8)15-6-4-9(14-15)10(12)17/h2-6H,1H3,(H2,12,17). The molecule has 0 atom stereocenters. The number of Topliss-reactive ketones (excluding diaryl/α,β-unsaturated/α-hetero) is 1. The molecule has 6 nitrogen and oxygen atoms in total. The molecule has 0 radical (unpaired) electrons. The van der Waals surface area contributed by atoms with Gasteiger partial charge in [-0.2, -0.15) is 5.10 Å². The SMILES string of the molecule is CC(=O)c1cccnc1-n1ccc(C(N)=O)n1. The highest BCUT2D eigenvalue weighted by Crippen LogP contribution is 2.11. The van der Waals surface area contributed by atoms with Crippen molar-refractivity contribution in [3.8, 4) is 5.82 Å². The monoisotopic (exact) mass is 230 g/mol. The van der Waals surface area contributed by atoms with Crippen LogP contribution in [0.15, 0.2) is 30.6 Å². The van der Waals surface area contributed by atoms with E-state index < -0.39 is 5.91 Å². The summed E-state index contributed by atoms with van der Waals surface area (Å²) < 4.78 is 1.36. The van der Waals surface area contributed by atoms with Gasteiger partial charge in [0.1, 0.15) is 5.69 Å². The summed E-state index contributed by atoms with van der Waals surface area (Å²) in [4.78, 5) is 26.4. The molecule has 0 aromatic carbocycles. The number of nitrogens with zero attached hydrogens (tertiary/aromatic N) is 3. The first kappa shape index (κ1) is 11.0. The van der Waals surface area contributed by atoms with Gasteiger partial charge in [-0.15, -0.1) is 0 Å². The Bertz CT molecular complexity index is 589. The number of hydrogen-bond acceptors (Lipinski definition) is 4. The Morgan fingerprint density at radius 1 is 1.35 bits per heavy atom. The second-order valence-electron chi connectivity index (χ2n) is 3.44. The highest BCUT2D eigenvalue weighted by Gasteiger charge is 2.12. The van der Waals surface area contributed by atoms with E-state index in [0.29, 0.717) is 11.4 Å². The molecule has 2 aromatic heterocycles. The lowest BCUT2D eigenvalue weighted by Gasteiger charge is -2.04. The third-order valence-electron chi connectivity index (χ3n) is 2.22. The highest BCUT2D eigenvalue weighted by molar-refractivity contribution is 5.97. The number of amides is 1. The maximum absolute atomic E-state index is 11.4. The molecule has 2 N–H and O–H groups in total. The number of carbonyl (C=O) groups is 2. The van der Waals surface area contributed by atoms with Crippen molar-refractivity contribution in [2.24, 2.45) is 5.73 Å². The van der Waals surface area contributed by atoms with Gasteiger partial charge < -0.3 is 5.73 Å². The molecule has 2 heterocycles. The summed E-state index contributed by atoms with van der Waals surface area (Å²) in [6, 6.07) is 4.79. The van der Waals surface area contributed by atoms with Crippen LogP contribution in [-0.2, 0) is 0 Å². The van der Waals surface area contributed by atoms with Gasteiger partial charge >= 0.3 is 0 Å². The van der Waals surface area contributed by atoms with Crippen molar-refractivity contribution >= 4 is 11.7 Å². The Hall–Kier alpha value is -2.50. The first-order valence-corrected chi connectivity index (χ1v) is 4.91.